The number of phenolic OH excluding ortho intramolecular Hbond substituents is 1. The van der Waals surface area contributed by atoms with E-state index in [4.69, 9.17) is 23.7 Å². The molecule has 4 unspecified atom stereocenters. The number of ether oxygens (including phenoxy) is 5. The van der Waals surface area contributed by atoms with Crippen molar-refractivity contribution in [2.45, 2.75) is 117 Å². The molecule has 0 spiro atoms. The lowest BCUT2D eigenvalue weighted by atomic mass is 9.67. The van der Waals surface area contributed by atoms with E-state index in [2.05, 4.69) is 247 Å². The molecule has 2 aliphatic heterocycles. The first-order valence-corrected chi connectivity index (χ1v) is 34.6. The Morgan fingerprint density at radius 3 is 1.14 bits per heavy atom. The molecule has 8 aromatic carbocycles. The molecular weight excluding hydrogens is 1270 g/mol. The number of hydrogen-bond donors (Lipinski definition) is 1. The summed E-state index contributed by atoms with van der Waals surface area (Å²) in [6.45, 7) is 19.1. The van der Waals surface area contributed by atoms with Gasteiger partial charge in [0.05, 0.1) is 62.5 Å². The molecule has 0 radical (unpaired) electrons. The zero-order chi connectivity index (χ0) is 61.0. The lowest BCUT2D eigenvalue weighted by molar-refractivity contribution is -0.133. The molecule has 0 amide bonds. The number of aromatic hydroxyl groups is 1. The summed E-state index contributed by atoms with van der Waals surface area (Å²) in [6, 6.07) is 64.7. The second kappa shape index (κ2) is 29.3. The quantitative estimate of drug-likeness (QED) is 0.0608. The molecule has 8 aromatic rings. The SMILES string of the molecule is CCC1(CBr)COC1.CCCCC(CC)COc1ccc(C2(c3ccc(O)cc3)c3ccccc3-c3ccc(Br)cc32)cc1.CCCCC(CC)COc1ccc(C2(c3ccc(OCC4(CC)COC4)cc3)c3ccccc3-c3ccc(Br)cc32)cc1. The van der Waals surface area contributed by atoms with E-state index in [-0.39, 0.29) is 11.2 Å². The molecule has 0 aromatic heterocycles. The highest BCUT2D eigenvalue weighted by atomic mass is 79.9. The minimum Gasteiger partial charge on any atom is -0.508 e. The average molecular weight is 1360 g/mol. The van der Waals surface area contributed by atoms with Gasteiger partial charge >= 0.3 is 0 Å². The Bertz CT molecular complexity index is 3480. The maximum absolute atomic E-state index is 10.1. The summed E-state index contributed by atoms with van der Waals surface area (Å²) in [5.41, 5.74) is 14.6. The van der Waals surface area contributed by atoms with Crippen LogP contribution in [0.2, 0.25) is 0 Å². The van der Waals surface area contributed by atoms with Crippen LogP contribution in [-0.2, 0) is 20.3 Å². The summed E-state index contributed by atoms with van der Waals surface area (Å²) in [7, 11) is 0. The van der Waals surface area contributed by atoms with Gasteiger partial charge in [0.2, 0.25) is 0 Å². The van der Waals surface area contributed by atoms with E-state index in [1.165, 1.54) is 106 Å². The number of alkyl halides is 1. The molecule has 2 fully saturated rings. The van der Waals surface area contributed by atoms with Crippen molar-refractivity contribution in [3.05, 3.63) is 235 Å². The number of fused-ring (bicyclic) bond motifs is 6. The first kappa shape index (κ1) is 64.3. The minimum atomic E-state index is -0.491. The van der Waals surface area contributed by atoms with Crippen LogP contribution in [0.1, 0.15) is 150 Å². The lowest BCUT2D eigenvalue weighted by Crippen LogP contribution is -2.46. The van der Waals surface area contributed by atoms with Gasteiger partial charge in [-0.1, -0.05) is 237 Å². The number of phenols is 1. The molecule has 1 N–H and O–H groups in total. The number of benzene rings is 8. The molecule has 2 aliphatic carbocycles. The summed E-state index contributed by atoms with van der Waals surface area (Å²) in [5.74, 6) is 4.21. The fourth-order valence-electron chi connectivity index (χ4n) is 13.2. The van der Waals surface area contributed by atoms with Gasteiger partial charge < -0.3 is 28.8 Å². The van der Waals surface area contributed by atoms with Gasteiger partial charge in [0.25, 0.3) is 0 Å². The maximum atomic E-state index is 10.1. The van der Waals surface area contributed by atoms with Gasteiger partial charge in [0.1, 0.15) is 23.0 Å². The van der Waals surface area contributed by atoms with E-state index >= 15 is 0 Å². The highest BCUT2D eigenvalue weighted by Crippen LogP contribution is 2.58. The molecule has 4 atom stereocenters. The van der Waals surface area contributed by atoms with Crippen LogP contribution in [0, 0.1) is 22.7 Å². The summed E-state index contributed by atoms with van der Waals surface area (Å²) >= 11 is 11.0. The Hall–Kier alpha value is -5.68. The zero-order valence-corrected chi connectivity index (χ0v) is 56.6. The van der Waals surface area contributed by atoms with Gasteiger partial charge in [-0.3, -0.25) is 0 Å². The van der Waals surface area contributed by atoms with E-state index in [9.17, 15) is 5.11 Å². The molecule has 6 nitrogen and oxygen atoms in total. The predicted molar refractivity (Wildman–Crippen MR) is 369 cm³/mol. The Morgan fingerprint density at radius 2 is 0.805 bits per heavy atom. The smallest absolute Gasteiger partial charge is 0.119 e. The Balaban J connectivity index is 0.000000172. The fraction of sp³-hybridized carbons (Fsp3) is 0.385. The van der Waals surface area contributed by atoms with Gasteiger partial charge in [-0.25, -0.2) is 0 Å². The number of rotatable bonds is 24. The Labute approximate surface area is 544 Å². The van der Waals surface area contributed by atoms with Crippen molar-refractivity contribution >= 4 is 47.8 Å². The number of unbranched alkanes of at least 4 members (excludes halogenated alkanes) is 2. The van der Waals surface area contributed by atoms with Crippen molar-refractivity contribution in [1.82, 2.24) is 0 Å². The third-order valence-electron chi connectivity index (χ3n) is 19.2. The van der Waals surface area contributed by atoms with Crippen LogP contribution in [0.4, 0.5) is 0 Å². The standard InChI is InChI=1S/C39H43BrO3.C33H33BrO2.C6H11BrO/c1-4-7-10-28(5-2)24-42-32-18-13-29(14-19-32)39(30-15-20-33(21-16-30)43-27-38(6-3)25-41-26-38)36-12-9-8-11-34(36)35-22-17-31(40)23-37(35)39;1-3-5-8-23(4-2)22-36-28-18-13-25(14-19-28)33(24-11-16-27(35)17-12-24)31-10-7-6-9-29(31)30-20-15-26(34)21-32(30)33;1-2-6(3-7)4-8-5-6/h8-9,11-23,28H,4-7,10,24-27H2,1-3H3;6-7,9-21,23,35H,3-5,8,22H2,1-2H3;2-5H2,1H3. The predicted octanol–water partition coefficient (Wildman–Crippen LogP) is 21.1. The van der Waals surface area contributed by atoms with E-state index in [0.717, 1.165) is 96.0 Å². The van der Waals surface area contributed by atoms with E-state index < -0.39 is 10.8 Å². The molecule has 0 bridgehead atoms. The van der Waals surface area contributed by atoms with Crippen LogP contribution < -0.4 is 14.2 Å². The topological polar surface area (TPSA) is 66.4 Å². The summed E-state index contributed by atoms with van der Waals surface area (Å²) in [5, 5.41) is 11.2. The largest absolute Gasteiger partial charge is 0.508 e. The van der Waals surface area contributed by atoms with E-state index in [0.29, 0.717) is 23.9 Å². The fourth-order valence-corrected chi connectivity index (χ4v) is 14.6. The monoisotopic (exact) mass is 1360 g/mol. The highest BCUT2D eigenvalue weighted by molar-refractivity contribution is 9.10. The van der Waals surface area contributed by atoms with Crippen molar-refractivity contribution in [1.29, 1.82) is 0 Å². The molecule has 456 valence electrons. The minimum absolute atomic E-state index is 0.145. The van der Waals surface area contributed by atoms with Crippen molar-refractivity contribution in [2.75, 3.05) is 51.6 Å². The highest BCUT2D eigenvalue weighted by Gasteiger charge is 2.48. The summed E-state index contributed by atoms with van der Waals surface area (Å²) < 4.78 is 31.6. The van der Waals surface area contributed by atoms with E-state index in [1.807, 2.05) is 12.1 Å². The van der Waals surface area contributed by atoms with Gasteiger partial charge in [-0.05, 0) is 177 Å². The lowest BCUT2D eigenvalue weighted by Gasteiger charge is -2.40. The Morgan fingerprint density at radius 1 is 0.437 bits per heavy atom. The van der Waals surface area contributed by atoms with E-state index in [1.54, 1.807) is 12.1 Å². The second-order valence-electron chi connectivity index (χ2n) is 24.7. The van der Waals surface area contributed by atoms with Crippen LogP contribution in [0.25, 0.3) is 22.3 Å². The number of halogens is 3. The number of hydrogen-bond acceptors (Lipinski definition) is 6. The van der Waals surface area contributed by atoms with Gasteiger partial charge in [-0.2, -0.15) is 0 Å². The third-order valence-corrected chi connectivity index (χ3v) is 21.4. The zero-order valence-electron chi connectivity index (χ0n) is 51.8. The van der Waals surface area contributed by atoms with Crippen LogP contribution in [0.3, 0.4) is 0 Å². The first-order chi connectivity index (χ1) is 42.4. The maximum Gasteiger partial charge on any atom is 0.119 e. The van der Waals surface area contributed by atoms with Crippen LogP contribution in [-0.4, -0.2) is 56.7 Å². The van der Waals surface area contributed by atoms with Crippen molar-refractivity contribution in [2.24, 2.45) is 22.7 Å². The molecule has 87 heavy (non-hydrogen) atoms. The summed E-state index contributed by atoms with van der Waals surface area (Å²) in [4.78, 5) is 0. The average Bonchev–Trinajstić information content (AvgIpc) is 1.58. The van der Waals surface area contributed by atoms with Gasteiger partial charge in [-0.15, -0.1) is 0 Å². The molecule has 9 heteroatoms. The van der Waals surface area contributed by atoms with Crippen LogP contribution in [0.15, 0.2) is 191 Å². The van der Waals surface area contributed by atoms with Crippen molar-refractivity contribution in [3.63, 3.8) is 0 Å². The molecule has 2 saturated heterocycles. The normalized spacial score (nSPS) is 18.5. The van der Waals surface area contributed by atoms with Crippen molar-refractivity contribution in [3.8, 4) is 45.3 Å². The van der Waals surface area contributed by atoms with Gasteiger partial charge in [0.15, 0.2) is 0 Å². The summed E-state index contributed by atoms with van der Waals surface area (Å²) in [6.07, 6.45) is 12.0. The second-order valence-corrected chi connectivity index (χ2v) is 27.1. The van der Waals surface area contributed by atoms with Gasteiger partial charge in [0, 0.05) is 19.7 Å². The van der Waals surface area contributed by atoms with Crippen molar-refractivity contribution < 1.29 is 28.8 Å². The molecular formula is C78H87Br3O6. The third kappa shape index (κ3) is 13.5. The molecule has 4 aliphatic rings. The molecule has 12 rings (SSSR count). The van der Waals surface area contributed by atoms with Crippen LogP contribution >= 0.6 is 47.8 Å². The van der Waals surface area contributed by atoms with Crippen LogP contribution in [0.5, 0.6) is 23.0 Å². The molecule has 2 heterocycles. The first-order valence-electron chi connectivity index (χ1n) is 31.9. The molecule has 0 saturated carbocycles. The Kier molecular flexibility index (Phi) is 21.7.